The van der Waals surface area contributed by atoms with Crippen LogP contribution in [-0.2, 0) is 6.54 Å². The summed E-state index contributed by atoms with van der Waals surface area (Å²) in [6.45, 7) is 13.8. The maximum absolute atomic E-state index is 4.60. The number of aryl methyl sites for hydroxylation is 4. The molecule has 20 heavy (non-hydrogen) atoms. The van der Waals surface area contributed by atoms with Crippen LogP contribution in [0.3, 0.4) is 0 Å². The second-order valence-electron chi connectivity index (χ2n) is 5.64. The van der Waals surface area contributed by atoms with E-state index in [1.165, 1.54) is 28.1 Å². The zero-order valence-corrected chi connectivity index (χ0v) is 13.4. The third-order valence-electron chi connectivity index (χ3n) is 3.77. The Kier molecular flexibility index (Phi) is 4.17. The molecule has 0 spiro atoms. The summed E-state index contributed by atoms with van der Waals surface area (Å²) in [4.78, 5) is 0. The summed E-state index contributed by atoms with van der Waals surface area (Å²) in [5.74, 6) is 0. The zero-order valence-electron chi connectivity index (χ0n) is 13.4. The summed E-state index contributed by atoms with van der Waals surface area (Å²) in [6.07, 6.45) is 0. The Balaban J connectivity index is 2.28. The van der Waals surface area contributed by atoms with E-state index in [0.29, 0.717) is 0 Å². The van der Waals surface area contributed by atoms with Gasteiger partial charge in [0.05, 0.1) is 11.7 Å². The largest absolute Gasteiger partial charge is 0.378 e. The van der Waals surface area contributed by atoms with Gasteiger partial charge in [-0.05, 0) is 64.8 Å². The molecule has 1 N–H and O–H groups in total. The first-order valence-corrected chi connectivity index (χ1v) is 7.31. The van der Waals surface area contributed by atoms with E-state index in [2.05, 4.69) is 74.8 Å². The molecule has 0 saturated heterocycles. The number of hydrogen-bond acceptors (Lipinski definition) is 2. The summed E-state index contributed by atoms with van der Waals surface area (Å²) >= 11 is 0. The van der Waals surface area contributed by atoms with Crippen LogP contribution >= 0.6 is 0 Å². The van der Waals surface area contributed by atoms with Gasteiger partial charge in [0.25, 0.3) is 0 Å². The van der Waals surface area contributed by atoms with Crippen molar-refractivity contribution in [3.05, 3.63) is 46.3 Å². The molecule has 0 aliphatic heterocycles. The highest BCUT2D eigenvalue weighted by atomic mass is 15.3. The number of anilines is 1. The normalized spacial score (nSPS) is 12.5. The van der Waals surface area contributed by atoms with Crippen molar-refractivity contribution in [1.29, 1.82) is 0 Å². The van der Waals surface area contributed by atoms with Crippen LogP contribution in [0.15, 0.2) is 18.2 Å². The molecule has 1 heterocycles. The monoisotopic (exact) mass is 271 g/mol. The van der Waals surface area contributed by atoms with E-state index in [-0.39, 0.29) is 6.04 Å². The van der Waals surface area contributed by atoms with Gasteiger partial charge >= 0.3 is 0 Å². The number of nitrogens with one attached hydrogen (secondary N) is 1. The lowest BCUT2D eigenvalue weighted by Gasteiger charge is -2.17. The van der Waals surface area contributed by atoms with Gasteiger partial charge in [-0.1, -0.05) is 6.07 Å². The Morgan fingerprint density at radius 3 is 2.20 bits per heavy atom. The van der Waals surface area contributed by atoms with Gasteiger partial charge < -0.3 is 5.32 Å². The maximum atomic E-state index is 4.60. The van der Waals surface area contributed by atoms with Gasteiger partial charge in [0.2, 0.25) is 0 Å². The number of rotatable bonds is 4. The molecule has 3 nitrogen and oxygen atoms in total. The van der Waals surface area contributed by atoms with E-state index in [1.807, 2.05) is 0 Å². The second-order valence-corrected chi connectivity index (χ2v) is 5.64. The quantitative estimate of drug-likeness (QED) is 0.898. The molecule has 0 aliphatic carbocycles. The molecule has 1 atom stereocenters. The van der Waals surface area contributed by atoms with E-state index in [0.717, 1.165) is 12.2 Å². The predicted molar refractivity (Wildman–Crippen MR) is 85.3 cm³/mol. The van der Waals surface area contributed by atoms with E-state index in [1.54, 1.807) is 0 Å². The van der Waals surface area contributed by atoms with Crippen LogP contribution < -0.4 is 5.32 Å². The molecule has 1 unspecified atom stereocenters. The van der Waals surface area contributed by atoms with Crippen molar-refractivity contribution in [3.63, 3.8) is 0 Å². The molecular formula is C17H25N3. The van der Waals surface area contributed by atoms with Crippen LogP contribution in [0.2, 0.25) is 0 Å². The highest BCUT2D eigenvalue weighted by Gasteiger charge is 2.16. The predicted octanol–water partition coefficient (Wildman–Crippen LogP) is 4.31. The third-order valence-corrected chi connectivity index (χ3v) is 3.77. The summed E-state index contributed by atoms with van der Waals surface area (Å²) in [5, 5.41) is 8.21. The molecule has 2 rings (SSSR count). The van der Waals surface area contributed by atoms with Crippen LogP contribution in [-0.4, -0.2) is 9.78 Å². The molecule has 0 aliphatic rings. The zero-order chi connectivity index (χ0) is 14.9. The molecule has 1 aromatic carbocycles. The molecule has 0 bridgehead atoms. The SMILES string of the molecule is CCn1nc(C)c(C(C)Nc2cc(C)cc(C)c2)c1C. The number of nitrogens with zero attached hydrogens (tertiary/aromatic N) is 2. The van der Waals surface area contributed by atoms with Gasteiger partial charge in [-0.25, -0.2) is 0 Å². The number of hydrogen-bond donors (Lipinski definition) is 1. The molecule has 3 heteroatoms. The second kappa shape index (κ2) is 5.70. The van der Waals surface area contributed by atoms with E-state index in [4.69, 9.17) is 0 Å². The molecule has 2 aromatic rings. The summed E-state index contributed by atoms with van der Waals surface area (Å²) in [6, 6.07) is 6.84. The van der Waals surface area contributed by atoms with Crippen molar-refractivity contribution in [2.24, 2.45) is 0 Å². The maximum Gasteiger partial charge on any atom is 0.0649 e. The minimum absolute atomic E-state index is 0.261. The van der Waals surface area contributed by atoms with E-state index in [9.17, 15) is 0 Å². The minimum atomic E-state index is 0.261. The van der Waals surface area contributed by atoms with Crippen LogP contribution in [0, 0.1) is 27.7 Å². The van der Waals surface area contributed by atoms with Gasteiger partial charge in [0.1, 0.15) is 0 Å². The van der Waals surface area contributed by atoms with Crippen LogP contribution in [0.5, 0.6) is 0 Å². The number of aromatic nitrogens is 2. The molecule has 0 fully saturated rings. The topological polar surface area (TPSA) is 29.9 Å². The Hall–Kier alpha value is -1.77. The fraction of sp³-hybridized carbons (Fsp3) is 0.471. The first-order valence-electron chi connectivity index (χ1n) is 7.31. The van der Waals surface area contributed by atoms with Crippen molar-refractivity contribution < 1.29 is 0 Å². The smallest absolute Gasteiger partial charge is 0.0649 e. The minimum Gasteiger partial charge on any atom is -0.378 e. The lowest BCUT2D eigenvalue weighted by Crippen LogP contribution is -2.09. The van der Waals surface area contributed by atoms with Crippen LogP contribution in [0.1, 0.15) is 48.0 Å². The van der Waals surface area contributed by atoms with Crippen LogP contribution in [0.4, 0.5) is 5.69 Å². The Labute approximate surface area is 122 Å². The van der Waals surface area contributed by atoms with E-state index < -0.39 is 0 Å². The highest BCUT2D eigenvalue weighted by Crippen LogP contribution is 2.26. The molecule has 0 radical (unpaired) electrons. The van der Waals surface area contributed by atoms with Crippen molar-refractivity contribution in [1.82, 2.24) is 9.78 Å². The van der Waals surface area contributed by atoms with E-state index >= 15 is 0 Å². The molecule has 1 aromatic heterocycles. The lowest BCUT2D eigenvalue weighted by atomic mass is 10.1. The highest BCUT2D eigenvalue weighted by molar-refractivity contribution is 5.50. The van der Waals surface area contributed by atoms with Gasteiger partial charge in [-0.15, -0.1) is 0 Å². The first-order chi connectivity index (χ1) is 9.42. The lowest BCUT2D eigenvalue weighted by molar-refractivity contribution is 0.632. The summed E-state index contributed by atoms with van der Waals surface area (Å²) in [5.41, 5.74) is 7.45. The summed E-state index contributed by atoms with van der Waals surface area (Å²) < 4.78 is 2.07. The van der Waals surface area contributed by atoms with Gasteiger partial charge in [-0.2, -0.15) is 5.10 Å². The van der Waals surface area contributed by atoms with Gasteiger partial charge in [-0.3, -0.25) is 4.68 Å². The molecule has 108 valence electrons. The third kappa shape index (κ3) is 2.87. The molecule has 0 saturated carbocycles. The summed E-state index contributed by atoms with van der Waals surface area (Å²) in [7, 11) is 0. The fourth-order valence-corrected chi connectivity index (χ4v) is 3.03. The van der Waals surface area contributed by atoms with Gasteiger partial charge in [0.15, 0.2) is 0 Å². The van der Waals surface area contributed by atoms with Crippen molar-refractivity contribution >= 4 is 5.69 Å². The van der Waals surface area contributed by atoms with Crippen molar-refractivity contribution in [2.75, 3.05) is 5.32 Å². The first kappa shape index (κ1) is 14.6. The van der Waals surface area contributed by atoms with Gasteiger partial charge in [0, 0.05) is 23.5 Å². The Morgan fingerprint density at radius 2 is 1.70 bits per heavy atom. The fourth-order valence-electron chi connectivity index (χ4n) is 3.03. The Morgan fingerprint density at radius 1 is 1.10 bits per heavy atom. The number of benzene rings is 1. The Bertz CT molecular complexity index is 591. The molecular weight excluding hydrogens is 246 g/mol. The standard InChI is InChI=1S/C17H25N3/c1-7-20-15(6)17(14(5)19-20)13(4)18-16-9-11(2)8-12(3)10-16/h8-10,13,18H,7H2,1-6H3. The van der Waals surface area contributed by atoms with Crippen molar-refractivity contribution in [2.45, 2.75) is 54.1 Å². The molecule has 0 amide bonds. The average molecular weight is 271 g/mol. The van der Waals surface area contributed by atoms with Crippen LogP contribution in [0.25, 0.3) is 0 Å². The average Bonchev–Trinajstić information content (AvgIpc) is 2.62. The van der Waals surface area contributed by atoms with Crippen molar-refractivity contribution in [3.8, 4) is 0 Å².